The third-order valence-electron chi connectivity index (χ3n) is 2.67. The van der Waals surface area contributed by atoms with Crippen molar-refractivity contribution in [2.24, 2.45) is 0 Å². The highest BCUT2D eigenvalue weighted by atomic mass is 79.9. The van der Waals surface area contributed by atoms with Crippen LogP contribution < -0.4 is 11.1 Å². The minimum Gasteiger partial charge on any atom is -0.506 e. The van der Waals surface area contributed by atoms with Gasteiger partial charge in [-0.05, 0) is 58.7 Å². The number of carbonyl (C=O) groups is 1. The van der Waals surface area contributed by atoms with Gasteiger partial charge < -0.3 is 16.2 Å². The summed E-state index contributed by atoms with van der Waals surface area (Å²) < 4.78 is 0.806. The zero-order valence-electron chi connectivity index (χ0n) is 10.3. The van der Waals surface area contributed by atoms with Gasteiger partial charge in [-0.25, -0.2) is 0 Å². The SMILES string of the molecule is Cc1ccc(NC(=O)c2ccc(N)c(O)c2)c(Br)c1. The van der Waals surface area contributed by atoms with E-state index in [4.69, 9.17) is 5.73 Å². The number of anilines is 2. The van der Waals surface area contributed by atoms with E-state index < -0.39 is 0 Å². The second-order valence-electron chi connectivity index (χ2n) is 4.21. The quantitative estimate of drug-likeness (QED) is 0.587. The Kier molecular flexibility index (Phi) is 3.76. The van der Waals surface area contributed by atoms with Crippen molar-refractivity contribution in [3.05, 3.63) is 52.0 Å². The highest BCUT2D eigenvalue weighted by molar-refractivity contribution is 9.10. The van der Waals surface area contributed by atoms with Crippen LogP contribution in [0.25, 0.3) is 0 Å². The summed E-state index contributed by atoms with van der Waals surface area (Å²) in [5.74, 6) is -0.407. The van der Waals surface area contributed by atoms with Gasteiger partial charge in [0.1, 0.15) is 5.75 Å². The van der Waals surface area contributed by atoms with E-state index in [1.54, 1.807) is 6.07 Å². The van der Waals surface area contributed by atoms with Crippen LogP contribution in [0.4, 0.5) is 11.4 Å². The smallest absolute Gasteiger partial charge is 0.255 e. The Morgan fingerprint density at radius 1 is 1.26 bits per heavy atom. The van der Waals surface area contributed by atoms with Crippen LogP contribution >= 0.6 is 15.9 Å². The number of aryl methyl sites for hydroxylation is 1. The molecule has 0 bridgehead atoms. The van der Waals surface area contributed by atoms with Gasteiger partial charge in [0.2, 0.25) is 0 Å². The number of nitrogens with one attached hydrogen (secondary N) is 1. The molecule has 0 fully saturated rings. The lowest BCUT2D eigenvalue weighted by molar-refractivity contribution is 0.102. The zero-order valence-corrected chi connectivity index (χ0v) is 11.9. The molecule has 0 aliphatic carbocycles. The predicted octanol–water partition coefficient (Wildman–Crippen LogP) is 3.30. The number of hydrogen-bond donors (Lipinski definition) is 3. The number of amides is 1. The monoisotopic (exact) mass is 320 g/mol. The molecule has 0 heterocycles. The Labute approximate surface area is 119 Å². The van der Waals surface area contributed by atoms with Gasteiger partial charge in [-0.3, -0.25) is 4.79 Å². The van der Waals surface area contributed by atoms with E-state index in [9.17, 15) is 9.90 Å². The molecule has 1 amide bonds. The van der Waals surface area contributed by atoms with Crippen molar-refractivity contribution in [1.82, 2.24) is 0 Å². The number of rotatable bonds is 2. The zero-order chi connectivity index (χ0) is 14.0. The molecule has 0 aliphatic rings. The lowest BCUT2D eigenvalue weighted by Gasteiger charge is -2.09. The van der Waals surface area contributed by atoms with Gasteiger partial charge in [0.05, 0.1) is 11.4 Å². The second-order valence-corrected chi connectivity index (χ2v) is 5.07. The molecule has 4 N–H and O–H groups in total. The van der Waals surface area contributed by atoms with Gasteiger partial charge in [-0.2, -0.15) is 0 Å². The Hall–Kier alpha value is -2.01. The van der Waals surface area contributed by atoms with Crippen molar-refractivity contribution in [2.45, 2.75) is 6.92 Å². The number of phenolic OH excluding ortho intramolecular Hbond substituents is 1. The second kappa shape index (κ2) is 5.32. The van der Waals surface area contributed by atoms with Crippen LogP contribution in [0.1, 0.15) is 15.9 Å². The van der Waals surface area contributed by atoms with Crippen LogP contribution in [0, 0.1) is 6.92 Å². The first-order valence-corrected chi connectivity index (χ1v) is 6.42. The fourth-order valence-corrected chi connectivity index (χ4v) is 2.19. The molecule has 0 atom stereocenters. The number of hydrogen-bond acceptors (Lipinski definition) is 3. The molecule has 98 valence electrons. The van der Waals surface area contributed by atoms with Crippen LogP contribution in [0.3, 0.4) is 0 Å². The molecule has 0 radical (unpaired) electrons. The maximum Gasteiger partial charge on any atom is 0.255 e. The van der Waals surface area contributed by atoms with Gasteiger partial charge in [0.25, 0.3) is 5.91 Å². The molecule has 4 nitrogen and oxygen atoms in total. The van der Waals surface area contributed by atoms with Gasteiger partial charge >= 0.3 is 0 Å². The standard InChI is InChI=1S/C14H13BrN2O2/c1-8-2-5-12(10(15)6-8)17-14(19)9-3-4-11(16)13(18)7-9/h2-7,18H,16H2,1H3,(H,17,19). The van der Waals surface area contributed by atoms with Crippen molar-refractivity contribution < 1.29 is 9.90 Å². The van der Waals surface area contributed by atoms with Gasteiger partial charge in [-0.1, -0.05) is 6.07 Å². The van der Waals surface area contributed by atoms with E-state index in [2.05, 4.69) is 21.2 Å². The van der Waals surface area contributed by atoms with Crippen LogP contribution in [0.5, 0.6) is 5.75 Å². The first-order valence-electron chi connectivity index (χ1n) is 5.63. The maximum atomic E-state index is 12.0. The number of aromatic hydroxyl groups is 1. The molecule has 2 aromatic rings. The van der Waals surface area contributed by atoms with E-state index in [1.807, 2.05) is 25.1 Å². The highest BCUT2D eigenvalue weighted by Crippen LogP contribution is 2.25. The van der Waals surface area contributed by atoms with Crippen molar-refractivity contribution in [3.8, 4) is 5.75 Å². The van der Waals surface area contributed by atoms with E-state index in [0.717, 1.165) is 10.0 Å². The number of nitrogen functional groups attached to an aromatic ring is 1. The van der Waals surface area contributed by atoms with Gasteiger partial charge in [0, 0.05) is 10.0 Å². The fourth-order valence-electron chi connectivity index (χ4n) is 1.60. The molecule has 19 heavy (non-hydrogen) atoms. The molecule has 0 saturated carbocycles. The summed E-state index contributed by atoms with van der Waals surface area (Å²) in [5, 5.41) is 12.3. The third kappa shape index (κ3) is 3.06. The topological polar surface area (TPSA) is 75.4 Å². The molecule has 2 rings (SSSR count). The summed E-state index contributed by atoms with van der Waals surface area (Å²) in [6.45, 7) is 1.97. The average Bonchev–Trinajstić information content (AvgIpc) is 2.36. The molecule has 0 aromatic heterocycles. The Morgan fingerprint density at radius 3 is 2.63 bits per heavy atom. The van der Waals surface area contributed by atoms with Crippen molar-refractivity contribution in [1.29, 1.82) is 0 Å². The number of benzene rings is 2. The van der Waals surface area contributed by atoms with E-state index in [0.29, 0.717) is 11.3 Å². The van der Waals surface area contributed by atoms with Crippen molar-refractivity contribution >= 4 is 33.2 Å². The fraction of sp³-hybridized carbons (Fsp3) is 0.0714. The first-order chi connectivity index (χ1) is 8.97. The summed E-state index contributed by atoms with van der Waals surface area (Å²) in [6.07, 6.45) is 0. The first kappa shape index (κ1) is 13.4. The molecule has 5 heteroatoms. The predicted molar refractivity (Wildman–Crippen MR) is 79.4 cm³/mol. The molecule has 0 saturated heterocycles. The van der Waals surface area contributed by atoms with E-state index in [-0.39, 0.29) is 17.3 Å². The summed E-state index contributed by atoms with van der Waals surface area (Å²) in [7, 11) is 0. The summed E-state index contributed by atoms with van der Waals surface area (Å²) in [4.78, 5) is 12.0. The normalized spacial score (nSPS) is 10.2. The molecular formula is C14H13BrN2O2. The van der Waals surface area contributed by atoms with Crippen LogP contribution in [-0.4, -0.2) is 11.0 Å². The van der Waals surface area contributed by atoms with Crippen LogP contribution in [0.2, 0.25) is 0 Å². The Bertz CT molecular complexity index is 641. The largest absolute Gasteiger partial charge is 0.506 e. The number of halogens is 1. The molecule has 2 aromatic carbocycles. The van der Waals surface area contributed by atoms with Crippen LogP contribution in [0.15, 0.2) is 40.9 Å². The summed E-state index contributed by atoms with van der Waals surface area (Å²) >= 11 is 3.39. The van der Waals surface area contributed by atoms with Gasteiger partial charge in [-0.15, -0.1) is 0 Å². The van der Waals surface area contributed by atoms with E-state index >= 15 is 0 Å². The minimum atomic E-state index is -0.306. The van der Waals surface area contributed by atoms with Crippen molar-refractivity contribution in [2.75, 3.05) is 11.1 Å². The number of carbonyl (C=O) groups excluding carboxylic acids is 1. The molecule has 0 aliphatic heterocycles. The van der Waals surface area contributed by atoms with Gasteiger partial charge in [0.15, 0.2) is 0 Å². The number of phenols is 1. The minimum absolute atomic E-state index is 0.101. The third-order valence-corrected chi connectivity index (χ3v) is 3.32. The van der Waals surface area contributed by atoms with E-state index in [1.165, 1.54) is 12.1 Å². The number of nitrogens with two attached hydrogens (primary N) is 1. The molecule has 0 unspecified atom stereocenters. The average molecular weight is 321 g/mol. The lowest BCUT2D eigenvalue weighted by atomic mass is 10.1. The maximum absolute atomic E-state index is 12.0. The lowest BCUT2D eigenvalue weighted by Crippen LogP contribution is -2.12. The molecular weight excluding hydrogens is 308 g/mol. The van der Waals surface area contributed by atoms with Crippen molar-refractivity contribution in [3.63, 3.8) is 0 Å². The van der Waals surface area contributed by atoms with Crippen LogP contribution in [-0.2, 0) is 0 Å². The Morgan fingerprint density at radius 2 is 2.00 bits per heavy atom. The molecule has 0 spiro atoms. The Balaban J connectivity index is 2.23. The highest BCUT2D eigenvalue weighted by Gasteiger charge is 2.10. The summed E-state index contributed by atoms with van der Waals surface area (Å²) in [5.41, 5.74) is 7.85. The summed E-state index contributed by atoms with van der Waals surface area (Å²) in [6, 6.07) is 10.0.